The third-order valence-electron chi connectivity index (χ3n) is 16.1. The van der Waals surface area contributed by atoms with Gasteiger partial charge in [-0.05, 0) is 157 Å². The Hall–Kier alpha value is -8.54. The molecule has 0 fully saturated rings. The highest BCUT2D eigenvalue weighted by Crippen LogP contribution is 2.49. The minimum atomic E-state index is -0.178. The van der Waals surface area contributed by atoms with E-state index in [1.165, 1.54) is 55.7 Å². The van der Waals surface area contributed by atoms with Crippen LogP contribution in [-0.2, 0) is 16.2 Å². The van der Waals surface area contributed by atoms with Crippen LogP contribution >= 0.6 is 0 Å². The molecule has 13 rings (SSSR count). The van der Waals surface area contributed by atoms with E-state index < -0.39 is 0 Å². The van der Waals surface area contributed by atoms with Crippen molar-refractivity contribution in [2.75, 3.05) is 14.7 Å². The Balaban J connectivity index is 1.11. The summed E-state index contributed by atoms with van der Waals surface area (Å²) >= 11 is 0. The molecule has 5 heteroatoms. The van der Waals surface area contributed by atoms with Gasteiger partial charge in [0.15, 0.2) is 0 Å². The maximum absolute atomic E-state index is 6.34. The summed E-state index contributed by atoms with van der Waals surface area (Å²) in [5, 5.41) is 2.24. The van der Waals surface area contributed by atoms with Crippen molar-refractivity contribution in [1.82, 2.24) is 0 Å². The molecule has 0 atom stereocenters. The quantitative estimate of drug-likeness (QED) is 0.148. The molecule has 2 aliphatic heterocycles. The van der Waals surface area contributed by atoms with Crippen LogP contribution in [0.1, 0.15) is 79.0 Å². The molecule has 77 heavy (non-hydrogen) atoms. The van der Waals surface area contributed by atoms with Crippen molar-refractivity contribution in [3.63, 3.8) is 0 Å². The average Bonchev–Trinajstić information content (AvgIpc) is 4.01. The van der Waals surface area contributed by atoms with E-state index in [-0.39, 0.29) is 23.0 Å². The lowest BCUT2D eigenvalue weighted by atomic mass is 9.33. The van der Waals surface area contributed by atoms with E-state index in [2.05, 4.69) is 295 Å². The van der Waals surface area contributed by atoms with Crippen LogP contribution in [0.25, 0.3) is 44.2 Å². The molecule has 2 aliphatic rings. The maximum atomic E-state index is 6.34. The molecule has 4 nitrogen and oxygen atoms in total. The number of anilines is 9. The normalized spacial score (nSPS) is 13.2. The predicted octanol–water partition coefficient (Wildman–Crippen LogP) is 18.4. The highest BCUT2D eigenvalue weighted by Gasteiger charge is 2.45. The van der Waals surface area contributed by atoms with Gasteiger partial charge in [-0.25, -0.2) is 0 Å². The monoisotopic (exact) mass is 998 g/mol. The van der Waals surface area contributed by atoms with Gasteiger partial charge in [0, 0.05) is 61.8 Å². The number of para-hydroxylation sites is 3. The fourth-order valence-corrected chi connectivity index (χ4v) is 12.0. The molecule has 0 amide bonds. The topological polar surface area (TPSA) is 22.9 Å². The summed E-state index contributed by atoms with van der Waals surface area (Å²) in [6, 6.07) is 83.6. The zero-order valence-corrected chi connectivity index (χ0v) is 45.7. The minimum Gasteiger partial charge on any atom is -0.456 e. The lowest BCUT2D eigenvalue weighted by Gasteiger charge is -2.45. The van der Waals surface area contributed by atoms with Gasteiger partial charge in [0.1, 0.15) is 11.2 Å². The molecule has 0 saturated carbocycles. The van der Waals surface area contributed by atoms with Gasteiger partial charge in [0.2, 0.25) is 0 Å². The third kappa shape index (κ3) is 8.32. The SMILES string of the molecule is CC(C)(C)c1ccc(N2c3ccc(C(C)(C)C)cc3B3c4ccc(N(c5ccccc5)c5ccccc5-c5ccccc5)cc4N(c4cccc(-c5ccc6oc7ccccc7c6c5)c4)c4cc(C(C)(C)C)cc2c43)cc1. The Kier molecular flexibility index (Phi) is 11.3. The molecule has 0 spiro atoms. The summed E-state index contributed by atoms with van der Waals surface area (Å²) in [5.74, 6) is 0. The highest BCUT2D eigenvalue weighted by atomic mass is 16.3. The van der Waals surface area contributed by atoms with E-state index in [1.807, 2.05) is 6.07 Å². The van der Waals surface area contributed by atoms with Crippen molar-refractivity contribution in [2.24, 2.45) is 0 Å². The minimum absolute atomic E-state index is 0.0196. The molecule has 1 aromatic heterocycles. The molecule has 0 bridgehead atoms. The van der Waals surface area contributed by atoms with Gasteiger partial charge in [0.05, 0.1) is 5.69 Å². The number of hydrogen-bond donors (Lipinski definition) is 0. The Labute approximate surface area is 455 Å². The maximum Gasteiger partial charge on any atom is 0.252 e. The van der Waals surface area contributed by atoms with Crippen LogP contribution in [0.3, 0.4) is 0 Å². The summed E-state index contributed by atoms with van der Waals surface area (Å²) in [4.78, 5) is 7.60. The summed E-state index contributed by atoms with van der Waals surface area (Å²) in [6.07, 6.45) is 0. The summed E-state index contributed by atoms with van der Waals surface area (Å²) in [5.41, 5.74) is 24.3. The van der Waals surface area contributed by atoms with Gasteiger partial charge in [0.25, 0.3) is 6.71 Å². The third-order valence-corrected chi connectivity index (χ3v) is 16.1. The summed E-state index contributed by atoms with van der Waals surface area (Å²) in [7, 11) is 0. The molecular formula is C72H64BN3O. The summed E-state index contributed by atoms with van der Waals surface area (Å²) in [6.45, 7) is 20.9. The first-order valence-electron chi connectivity index (χ1n) is 27.3. The molecule has 11 aromatic rings. The fourth-order valence-electron chi connectivity index (χ4n) is 12.0. The van der Waals surface area contributed by atoms with Crippen LogP contribution in [0, 0.1) is 0 Å². The first-order valence-corrected chi connectivity index (χ1v) is 27.3. The zero-order chi connectivity index (χ0) is 53.0. The Morgan fingerprint density at radius 2 is 0.974 bits per heavy atom. The van der Waals surface area contributed by atoms with Gasteiger partial charge >= 0.3 is 0 Å². The second kappa shape index (κ2) is 18.1. The van der Waals surface area contributed by atoms with Crippen LogP contribution in [-0.4, -0.2) is 6.71 Å². The van der Waals surface area contributed by atoms with Crippen molar-refractivity contribution in [3.05, 3.63) is 241 Å². The summed E-state index contributed by atoms with van der Waals surface area (Å²) < 4.78 is 6.34. The fraction of sp³-hybridized carbons (Fsp3) is 0.167. The van der Waals surface area contributed by atoms with Gasteiger partial charge in [-0.15, -0.1) is 0 Å². The molecule has 10 aromatic carbocycles. The number of nitrogens with zero attached hydrogens (tertiary/aromatic N) is 3. The van der Waals surface area contributed by atoms with Gasteiger partial charge in [-0.1, -0.05) is 196 Å². The molecule has 0 unspecified atom stereocenters. The van der Waals surface area contributed by atoms with E-state index >= 15 is 0 Å². The number of benzene rings is 10. The van der Waals surface area contributed by atoms with Gasteiger partial charge < -0.3 is 19.1 Å². The number of furan rings is 1. The van der Waals surface area contributed by atoms with Gasteiger partial charge in [-0.2, -0.15) is 0 Å². The predicted molar refractivity (Wildman–Crippen MR) is 329 cm³/mol. The number of fused-ring (bicyclic) bond motifs is 7. The van der Waals surface area contributed by atoms with Gasteiger partial charge in [-0.3, -0.25) is 0 Å². The van der Waals surface area contributed by atoms with Crippen molar-refractivity contribution >= 4 is 96.2 Å². The largest absolute Gasteiger partial charge is 0.456 e. The van der Waals surface area contributed by atoms with Crippen LogP contribution in [0.5, 0.6) is 0 Å². The van der Waals surface area contributed by atoms with E-state index in [9.17, 15) is 0 Å². The van der Waals surface area contributed by atoms with Crippen molar-refractivity contribution in [1.29, 1.82) is 0 Å². The average molecular weight is 998 g/mol. The van der Waals surface area contributed by atoms with Crippen LogP contribution in [0.2, 0.25) is 0 Å². The molecule has 0 saturated heterocycles. The first-order chi connectivity index (χ1) is 37.1. The highest BCUT2D eigenvalue weighted by molar-refractivity contribution is 7.00. The second-order valence-corrected chi connectivity index (χ2v) is 24.3. The van der Waals surface area contributed by atoms with Crippen molar-refractivity contribution in [3.8, 4) is 22.3 Å². The van der Waals surface area contributed by atoms with E-state index in [1.54, 1.807) is 0 Å². The van der Waals surface area contributed by atoms with Crippen LogP contribution in [0.4, 0.5) is 51.2 Å². The molecule has 0 radical (unpaired) electrons. The van der Waals surface area contributed by atoms with E-state index in [0.717, 1.165) is 72.8 Å². The van der Waals surface area contributed by atoms with E-state index in [4.69, 9.17) is 4.42 Å². The molecule has 376 valence electrons. The smallest absolute Gasteiger partial charge is 0.252 e. The number of rotatable bonds is 7. The Bertz CT molecular complexity index is 4060. The lowest BCUT2D eigenvalue weighted by Crippen LogP contribution is -2.61. The standard InChI is InChI=1S/C72H64BN3O/c1-70(2,3)50-32-35-54(36-33-50)75-63-39-34-51(71(4,5)6)43-61(63)73-60-38-37-56(74(53-24-14-11-15-25-53)62-29-18-16-27-57(62)47-21-12-10-13-22-47)46-64(60)76(66-45-52(72(7,8)9)44-65(75)69(66)73)55-26-20-23-48(41-55)49-31-40-68-59(42-49)58-28-17-19-30-67(58)77-68/h10-46H,1-9H3. The second-order valence-electron chi connectivity index (χ2n) is 24.3. The van der Waals surface area contributed by atoms with Crippen LogP contribution in [0.15, 0.2) is 229 Å². The Morgan fingerprint density at radius 1 is 0.364 bits per heavy atom. The first kappa shape index (κ1) is 48.1. The number of hydrogen-bond acceptors (Lipinski definition) is 4. The van der Waals surface area contributed by atoms with E-state index in [0.29, 0.717) is 0 Å². The lowest BCUT2D eigenvalue weighted by molar-refractivity contribution is 0.589. The van der Waals surface area contributed by atoms with Crippen LogP contribution < -0.4 is 31.1 Å². The molecular weight excluding hydrogens is 934 g/mol. The van der Waals surface area contributed by atoms with Crippen molar-refractivity contribution in [2.45, 2.75) is 78.6 Å². The Morgan fingerprint density at radius 3 is 1.70 bits per heavy atom. The molecule has 0 N–H and O–H groups in total. The molecule has 0 aliphatic carbocycles. The zero-order valence-electron chi connectivity index (χ0n) is 45.7. The molecule has 3 heterocycles. The van der Waals surface area contributed by atoms with Crippen molar-refractivity contribution < 1.29 is 4.42 Å².